The van der Waals surface area contributed by atoms with E-state index >= 15 is 0 Å². The third kappa shape index (κ3) is 2.80. The number of fused-ring (bicyclic) bond motifs is 1. The van der Waals surface area contributed by atoms with E-state index in [1.54, 1.807) is 0 Å². The second-order valence-corrected chi connectivity index (χ2v) is 5.14. The van der Waals surface area contributed by atoms with Crippen LogP contribution in [0.4, 0.5) is 0 Å². The number of carbonyl (C=O) groups excluding carboxylic acids is 1. The Morgan fingerprint density at radius 3 is 2.84 bits per heavy atom. The van der Waals surface area contributed by atoms with Crippen LogP contribution >= 0.6 is 0 Å². The van der Waals surface area contributed by atoms with Gasteiger partial charge in [0.2, 0.25) is 0 Å². The Labute approximate surface area is 115 Å². The summed E-state index contributed by atoms with van der Waals surface area (Å²) >= 11 is 0. The highest BCUT2D eigenvalue weighted by Crippen LogP contribution is 2.35. The molecule has 1 heterocycles. The van der Waals surface area contributed by atoms with Gasteiger partial charge in [0.25, 0.3) is 0 Å². The zero-order valence-electron chi connectivity index (χ0n) is 12.2. The molecule has 1 aliphatic rings. The number of rotatable bonds is 5. The standard InChI is InChI=1S/C16H23NO2/c1-4-7-14-13(16(18)19-6-3)10-12-9-8-11(5-2)15(12)17-14/h10-11H,4-9H2,1-3H3. The summed E-state index contributed by atoms with van der Waals surface area (Å²) in [5.41, 5.74) is 4.06. The minimum Gasteiger partial charge on any atom is -0.462 e. The van der Waals surface area contributed by atoms with E-state index in [-0.39, 0.29) is 5.97 Å². The van der Waals surface area contributed by atoms with Gasteiger partial charge in [-0.3, -0.25) is 4.98 Å². The fraction of sp³-hybridized carbons (Fsp3) is 0.625. The van der Waals surface area contributed by atoms with E-state index in [0.29, 0.717) is 18.1 Å². The van der Waals surface area contributed by atoms with Gasteiger partial charge in [0.15, 0.2) is 0 Å². The maximum atomic E-state index is 12.0. The molecule has 0 spiro atoms. The van der Waals surface area contributed by atoms with Crippen LogP contribution in [0.25, 0.3) is 0 Å². The molecule has 0 N–H and O–H groups in total. The Kier molecular flexibility index (Phi) is 4.56. The maximum Gasteiger partial charge on any atom is 0.339 e. The van der Waals surface area contributed by atoms with E-state index in [9.17, 15) is 4.79 Å². The Morgan fingerprint density at radius 1 is 1.42 bits per heavy atom. The molecule has 0 aromatic carbocycles. The molecular weight excluding hydrogens is 238 g/mol. The van der Waals surface area contributed by atoms with Gasteiger partial charge in [-0.25, -0.2) is 4.79 Å². The van der Waals surface area contributed by atoms with Gasteiger partial charge in [0.1, 0.15) is 0 Å². The van der Waals surface area contributed by atoms with Crippen molar-refractivity contribution >= 4 is 5.97 Å². The van der Waals surface area contributed by atoms with Crippen LogP contribution in [0.3, 0.4) is 0 Å². The monoisotopic (exact) mass is 261 g/mol. The lowest BCUT2D eigenvalue weighted by atomic mass is 10.0. The molecular formula is C16H23NO2. The topological polar surface area (TPSA) is 39.2 Å². The van der Waals surface area contributed by atoms with Gasteiger partial charge in [-0.15, -0.1) is 0 Å². The zero-order chi connectivity index (χ0) is 13.8. The van der Waals surface area contributed by atoms with Crippen molar-refractivity contribution in [3.05, 3.63) is 28.6 Å². The van der Waals surface area contributed by atoms with Crippen LogP contribution in [0.2, 0.25) is 0 Å². The largest absolute Gasteiger partial charge is 0.462 e. The molecule has 0 saturated carbocycles. The number of ether oxygens (including phenoxy) is 1. The van der Waals surface area contributed by atoms with Crippen LogP contribution in [0, 0.1) is 0 Å². The molecule has 1 aromatic rings. The summed E-state index contributed by atoms with van der Waals surface area (Å²) in [6.45, 7) is 6.58. The first kappa shape index (κ1) is 14.0. The number of aromatic nitrogens is 1. The molecule has 0 saturated heterocycles. The molecule has 3 nitrogen and oxygen atoms in total. The summed E-state index contributed by atoms with van der Waals surface area (Å²) in [5.74, 6) is 0.350. The summed E-state index contributed by atoms with van der Waals surface area (Å²) in [6.07, 6.45) is 5.17. The first-order chi connectivity index (χ1) is 9.21. The lowest BCUT2D eigenvalue weighted by molar-refractivity contribution is 0.0524. The Hall–Kier alpha value is -1.38. The first-order valence-electron chi connectivity index (χ1n) is 7.41. The summed E-state index contributed by atoms with van der Waals surface area (Å²) in [5, 5.41) is 0. The highest BCUT2D eigenvalue weighted by molar-refractivity contribution is 5.91. The van der Waals surface area contributed by atoms with Crippen LogP contribution in [0.15, 0.2) is 6.07 Å². The first-order valence-corrected chi connectivity index (χ1v) is 7.41. The van der Waals surface area contributed by atoms with E-state index in [4.69, 9.17) is 9.72 Å². The van der Waals surface area contributed by atoms with Gasteiger partial charge >= 0.3 is 5.97 Å². The van der Waals surface area contributed by atoms with Crippen molar-refractivity contribution in [1.82, 2.24) is 4.98 Å². The number of nitrogens with zero attached hydrogens (tertiary/aromatic N) is 1. The van der Waals surface area contributed by atoms with Crippen LogP contribution in [-0.4, -0.2) is 17.6 Å². The van der Waals surface area contributed by atoms with E-state index in [1.807, 2.05) is 13.0 Å². The van der Waals surface area contributed by atoms with Crippen LogP contribution < -0.4 is 0 Å². The van der Waals surface area contributed by atoms with Crippen LogP contribution in [-0.2, 0) is 17.6 Å². The Morgan fingerprint density at radius 2 is 2.21 bits per heavy atom. The van der Waals surface area contributed by atoms with Crippen molar-refractivity contribution < 1.29 is 9.53 Å². The van der Waals surface area contributed by atoms with Crippen molar-refractivity contribution in [2.75, 3.05) is 6.61 Å². The average Bonchev–Trinajstić information content (AvgIpc) is 2.80. The molecule has 0 fully saturated rings. The fourth-order valence-corrected chi connectivity index (χ4v) is 2.84. The number of pyridine rings is 1. The number of hydrogen-bond donors (Lipinski definition) is 0. The molecule has 2 rings (SSSR count). The molecule has 1 aromatic heterocycles. The lowest BCUT2D eigenvalue weighted by Crippen LogP contribution is -2.12. The van der Waals surface area contributed by atoms with Gasteiger partial charge in [0, 0.05) is 11.6 Å². The van der Waals surface area contributed by atoms with Crippen molar-refractivity contribution in [3.8, 4) is 0 Å². The summed E-state index contributed by atoms with van der Waals surface area (Å²) in [6, 6.07) is 2.03. The molecule has 0 amide bonds. The second-order valence-electron chi connectivity index (χ2n) is 5.14. The highest BCUT2D eigenvalue weighted by Gasteiger charge is 2.26. The van der Waals surface area contributed by atoms with Gasteiger partial charge in [-0.1, -0.05) is 20.3 Å². The van der Waals surface area contributed by atoms with E-state index in [0.717, 1.165) is 37.8 Å². The second kappa shape index (κ2) is 6.18. The predicted octanol–water partition coefficient (Wildman–Crippen LogP) is 3.65. The SMILES string of the molecule is CCCc1nc2c(cc1C(=O)OCC)CCC2CC. The molecule has 0 aliphatic heterocycles. The van der Waals surface area contributed by atoms with Crippen molar-refractivity contribution in [2.24, 2.45) is 0 Å². The highest BCUT2D eigenvalue weighted by atomic mass is 16.5. The zero-order valence-corrected chi connectivity index (χ0v) is 12.2. The summed E-state index contributed by atoms with van der Waals surface area (Å²) in [4.78, 5) is 16.8. The molecule has 0 bridgehead atoms. The third-order valence-corrected chi connectivity index (χ3v) is 3.84. The van der Waals surface area contributed by atoms with Crippen molar-refractivity contribution in [2.45, 2.75) is 58.8 Å². The third-order valence-electron chi connectivity index (χ3n) is 3.84. The normalized spacial score (nSPS) is 17.3. The lowest BCUT2D eigenvalue weighted by Gasteiger charge is -2.13. The number of aryl methyl sites for hydroxylation is 2. The molecule has 19 heavy (non-hydrogen) atoms. The van der Waals surface area contributed by atoms with Crippen molar-refractivity contribution in [3.63, 3.8) is 0 Å². The van der Waals surface area contributed by atoms with Gasteiger partial charge in [-0.2, -0.15) is 0 Å². The minimum atomic E-state index is -0.221. The predicted molar refractivity (Wildman–Crippen MR) is 75.5 cm³/mol. The fourth-order valence-electron chi connectivity index (χ4n) is 2.84. The molecule has 1 atom stereocenters. The Bertz CT molecular complexity index is 468. The molecule has 0 radical (unpaired) electrons. The molecule has 1 aliphatic carbocycles. The van der Waals surface area contributed by atoms with E-state index < -0.39 is 0 Å². The molecule has 3 heteroatoms. The van der Waals surface area contributed by atoms with Crippen LogP contribution in [0.5, 0.6) is 0 Å². The minimum absolute atomic E-state index is 0.221. The molecule has 1 unspecified atom stereocenters. The number of hydrogen-bond acceptors (Lipinski definition) is 3. The number of esters is 1. The van der Waals surface area contributed by atoms with Crippen molar-refractivity contribution in [1.29, 1.82) is 0 Å². The Balaban J connectivity index is 2.40. The van der Waals surface area contributed by atoms with E-state index in [2.05, 4.69) is 13.8 Å². The smallest absolute Gasteiger partial charge is 0.339 e. The average molecular weight is 261 g/mol. The molecule has 104 valence electrons. The van der Waals surface area contributed by atoms with Gasteiger partial charge < -0.3 is 4.74 Å². The van der Waals surface area contributed by atoms with Gasteiger partial charge in [-0.05, 0) is 44.2 Å². The maximum absolute atomic E-state index is 12.0. The van der Waals surface area contributed by atoms with Gasteiger partial charge in [0.05, 0.1) is 17.9 Å². The van der Waals surface area contributed by atoms with Crippen LogP contribution in [0.1, 0.15) is 73.3 Å². The quantitative estimate of drug-likeness (QED) is 0.759. The van der Waals surface area contributed by atoms with E-state index in [1.165, 1.54) is 11.3 Å². The summed E-state index contributed by atoms with van der Waals surface area (Å²) in [7, 11) is 0. The number of carbonyl (C=O) groups is 1. The summed E-state index contributed by atoms with van der Waals surface area (Å²) < 4.78 is 5.15.